The molecule has 0 saturated carbocycles. The lowest BCUT2D eigenvalue weighted by atomic mass is 10.0. The first-order valence-corrected chi connectivity index (χ1v) is 11.2. The van der Waals surface area contributed by atoms with Crippen molar-refractivity contribution < 1.29 is 19.4 Å². The highest BCUT2D eigenvalue weighted by Crippen LogP contribution is 2.27. The third-order valence-corrected chi connectivity index (χ3v) is 6.06. The van der Waals surface area contributed by atoms with Crippen LogP contribution in [0.3, 0.4) is 0 Å². The van der Waals surface area contributed by atoms with Crippen LogP contribution in [-0.4, -0.2) is 53.7 Å². The number of amides is 1. The molecule has 0 bridgehead atoms. The first-order chi connectivity index (χ1) is 14.6. The van der Waals surface area contributed by atoms with E-state index >= 15 is 0 Å². The summed E-state index contributed by atoms with van der Waals surface area (Å²) in [5, 5.41) is 9.51. The molecule has 0 fully saturated rings. The SMILES string of the molecule is COCC(=O)N1CCCCCCCN(Cc2cncs2)Cc2cc(C(=O)O)ccc21. The fourth-order valence-corrected chi connectivity index (χ4v) is 4.46. The van der Waals surface area contributed by atoms with Crippen LogP contribution in [0.15, 0.2) is 29.9 Å². The van der Waals surface area contributed by atoms with E-state index in [9.17, 15) is 14.7 Å². The van der Waals surface area contributed by atoms with Crippen LogP contribution in [0.2, 0.25) is 0 Å². The summed E-state index contributed by atoms with van der Waals surface area (Å²) < 4.78 is 5.10. The second-order valence-electron chi connectivity index (χ2n) is 7.57. The Hall–Kier alpha value is -2.29. The molecule has 0 atom stereocenters. The molecule has 162 valence electrons. The fourth-order valence-electron chi connectivity index (χ4n) is 3.82. The molecule has 0 saturated heterocycles. The Morgan fingerprint density at radius 1 is 1.17 bits per heavy atom. The largest absolute Gasteiger partial charge is 0.478 e. The maximum absolute atomic E-state index is 12.8. The Labute approximate surface area is 181 Å². The van der Waals surface area contributed by atoms with Crippen molar-refractivity contribution in [3.05, 3.63) is 45.9 Å². The van der Waals surface area contributed by atoms with E-state index in [1.54, 1.807) is 34.4 Å². The van der Waals surface area contributed by atoms with Crippen LogP contribution in [0, 0.1) is 0 Å². The summed E-state index contributed by atoms with van der Waals surface area (Å²) in [6.45, 7) is 2.86. The van der Waals surface area contributed by atoms with Gasteiger partial charge in [0.15, 0.2) is 0 Å². The Kier molecular flexibility index (Phi) is 8.36. The van der Waals surface area contributed by atoms with E-state index in [1.165, 1.54) is 12.0 Å². The van der Waals surface area contributed by atoms with Crippen molar-refractivity contribution in [2.75, 3.05) is 31.7 Å². The highest BCUT2D eigenvalue weighted by Gasteiger charge is 2.22. The first kappa shape index (κ1) is 22.4. The highest BCUT2D eigenvalue weighted by molar-refractivity contribution is 7.09. The maximum Gasteiger partial charge on any atom is 0.335 e. The number of methoxy groups -OCH3 is 1. The van der Waals surface area contributed by atoms with Gasteiger partial charge in [-0.1, -0.05) is 19.3 Å². The maximum atomic E-state index is 12.8. The van der Waals surface area contributed by atoms with Gasteiger partial charge in [-0.15, -0.1) is 11.3 Å². The van der Waals surface area contributed by atoms with Gasteiger partial charge in [-0.25, -0.2) is 4.79 Å². The van der Waals surface area contributed by atoms with Gasteiger partial charge in [-0.2, -0.15) is 0 Å². The van der Waals surface area contributed by atoms with Crippen molar-refractivity contribution in [1.29, 1.82) is 0 Å². The molecule has 2 heterocycles. The van der Waals surface area contributed by atoms with Gasteiger partial charge in [0, 0.05) is 43.5 Å². The zero-order valence-corrected chi connectivity index (χ0v) is 18.2. The van der Waals surface area contributed by atoms with E-state index in [-0.39, 0.29) is 18.1 Å². The molecule has 2 aromatic rings. The molecule has 1 aliphatic rings. The summed E-state index contributed by atoms with van der Waals surface area (Å²) in [6.07, 6.45) is 7.25. The molecular weight excluding hydrogens is 402 g/mol. The van der Waals surface area contributed by atoms with Gasteiger partial charge in [0.1, 0.15) is 6.61 Å². The number of nitrogens with zero attached hydrogens (tertiary/aromatic N) is 3. The molecule has 1 aromatic heterocycles. The minimum Gasteiger partial charge on any atom is -0.478 e. The van der Waals surface area contributed by atoms with Crippen LogP contribution in [-0.2, 0) is 22.6 Å². The number of rotatable bonds is 5. The van der Waals surface area contributed by atoms with Gasteiger partial charge < -0.3 is 14.7 Å². The first-order valence-electron chi connectivity index (χ1n) is 10.3. The highest BCUT2D eigenvalue weighted by atomic mass is 32.1. The van der Waals surface area contributed by atoms with Crippen molar-refractivity contribution in [2.24, 2.45) is 0 Å². The van der Waals surface area contributed by atoms with Crippen LogP contribution in [0.1, 0.15) is 52.9 Å². The minimum atomic E-state index is -0.965. The number of aromatic carboxylic acids is 1. The lowest BCUT2D eigenvalue weighted by Crippen LogP contribution is -2.36. The number of hydrogen-bond donors (Lipinski definition) is 1. The van der Waals surface area contributed by atoms with Crippen molar-refractivity contribution in [2.45, 2.75) is 45.2 Å². The number of carboxylic acid groups (broad SMARTS) is 1. The summed E-state index contributed by atoms with van der Waals surface area (Å²) in [6, 6.07) is 5.05. The molecule has 0 spiro atoms. The Morgan fingerprint density at radius 3 is 2.63 bits per heavy atom. The Balaban J connectivity index is 1.97. The molecule has 0 unspecified atom stereocenters. The minimum absolute atomic E-state index is 0.00466. The smallest absolute Gasteiger partial charge is 0.335 e. The van der Waals surface area contributed by atoms with Crippen LogP contribution in [0.4, 0.5) is 5.69 Å². The van der Waals surface area contributed by atoms with Crippen molar-refractivity contribution in [3.8, 4) is 0 Å². The van der Waals surface area contributed by atoms with Crippen LogP contribution < -0.4 is 4.90 Å². The number of anilines is 1. The number of hydrogen-bond acceptors (Lipinski definition) is 6. The average molecular weight is 432 g/mol. The van der Waals surface area contributed by atoms with Crippen LogP contribution in [0.5, 0.6) is 0 Å². The molecule has 1 N–H and O–H groups in total. The fraction of sp³-hybridized carbons (Fsp3) is 0.500. The summed E-state index contributed by atoms with van der Waals surface area (Å²) in [5.41, 5.74) is 3.69. The number of ether oxygens (including phenoxy) is 1. The quantitative estimate of drug-likeness (QED) is 0.776. The van der Waals surface area contributed by atoms with E-state index in [2.05, 4.69) is 9.88 Å². The Morgan fingerprint density at radius 2 is 1.93 bits per heavy atom. The van der Waals surface area contributed by atoms with Crippen LogP contribution >= 0.6 is 11.3 Å². The molecule has 1 amide bonds. The third kappa shape index (κ3) is 6.10. The number of thiazole rings is 1. The molecular formula is C22H29N3O4S. The normalized spacial score (nSPS) is 16.4. The van der Waals surface area contributed by atoms with E-state index in [4.69, 9.17) is 4.74 Å². The zero-order valence-electron chi connectivity index (χ0n) is 17.4. The molecule has 3 rings (SSSR count). The second-order valence-corrected chi connectivity index (χ2v) is 8.54. The summed E-state index contributed by atoms with van der Waals surface area (Å²) in [7, 11) is 1.51. The zero-order chi connectivity index (χ0) is 21.3. The van der Waals surface area contributed by atoms with Gasteiger partial charge in [0.2, 0.25) is 0 Å². The van der Waals surface area contributed by atoms with Gasteiger partial charge in [-0.3, -0.25) is 14.7 Å². The molecule has 0 aliphatic carbocycles. The predicted molar refractivity (Wildman–Crippen MR) is 117 cm³/mol. The number of benzene rings is 1. The molecule has 7 nitrogen and oxygen atoms in total. The van der Waals surface area contributed by atoms with E-state index in [0.717, 1.165) is 56.4 Å². The number of aromatic nitrogens is 1. The lowest BCUT2D eigenvalue weighted by Gasteiger charge is -2.29. The monoisotopic (exact) mass is 431 g/mol. The second kappa shape index (κ2) is 11.2. The number of carboxylic acids is 1. The van der Waals surface area contributed by atoms with Crippen molar-refractivity contribution in [1.82, 2.24) is 9.88 Å². The van der Waals surface area contributed by atoms with Gasteiger partial charge >= 0.3 is 5.97 Å². The van der Waals surface area contributed by atoms with E-state index < -0.39 is 5.97 Å². The molecule has 1 aliphatic heterocycles. The van der Waals surface area contributed by atoms with Crippen molar-refractivity contribution in [3.63, 3.8) is 0 Å². The topological polar surface area (TPSA) is 83.0 Å². The average Bonchev–Trinajstić information content (AvgIpc) is 3.22. The molecule has 1 aromatic carbocycles. The summed E-state index contributed by atoms with van der Waals surface area (Å²) in [4.78, 5) is 33.8. The predicted octanol–water partition coefficient (Wildman–Crippen LogP) is 3.79. The number of carbonyl (C=O) groups is 2. The summed E-state index contributed by atoms with van der Waals surface area (Å²) in [5.74, 6) is -1.07. The number of fused-ring (bicyclic) bond motifs is 1. The lowest BCUT2D eigenvalue weighted by molar-refractivity contribution is -0.122. The summed E-state index contributed by atoms with van der Waals surface area (Å²) >= 11 is 1.62. The molecule has 8 heteroatoms. The molecule has 0 radical (unpaired) electrons. The van der Waals surface area contributed by atoms with E-state index in [1.807, 2.05) is 11.7 Å². The molecule has 30 heavy (non-hydrogen) atoms. The van der Waals surface area contributed by atoms with Crippen LogP contribution in [0.25, 0.3) is 0 Å². The van der Waals surface area contributed by atoms with E-state index in [0.29, 0.717) is 13.1 Å². The van der Waals surface area contributed by atoms with Crippen molar-refractivity contribution >= 4 is 28.9 Å². The van der Waals surface area contributed by atoms with Gasteiger partial charge in [0.05, 0.1) is 11.1 Å². The third-order valence-electron chi connectivity index (χ3n) is 5.30. The number of carbonyl (C=O) groups excluding carboxylic acids is 1. The Bertz CT molecular complexity index is 841. The standard InChI is InChI=1S/C22H29N3O4S/c1-29-15-21(26)25-10-6-4-2-3-5-9-24(14-19-12-23-16-30-19)13-18-11-17(22(27)28)7-8-20(18)25/h7-8,11-12,16H,2-6,9-10,13-15H2,1H3,(H,27,28). The van der Waals surface area contributed by atoms with Gasteiger partial charge in [0.25, 0.3) is 5.91 Å². The van der Waals surface area contributed by atoms with Gasteiger partial charge in [-0.05, 0) is 43.1 Å².